The summed E-state index contributed by atoms with van der Waals surface area (Å²) in [4.78, 5) is 23.1. The first-order valence-electron chi connectivity index (χ1n) is 7.23. The van der Waals surface area contributed by atoms with Crippen LogP contribution in [-0.2, 0) is 26.1 Å². The van der Waals surface area contributed by atoms with Gasteiger partial charge in [-0.2, -0.15) is 0 Å². The van der Waals surface area contributed by atoms with Crippen LogP contribution in [0.2, 0.25) is 0 Å². The van der Waals surface area contributed by atoms with E-state index in [0.29, 0.717) is 0 Å². The van der Waals surface area contributed by atoms with E-state index in [4.69, 9.17) is 9.15 Å². The van der Waals surface area contributed by atoms with Crippen LogP contribution in [0, 0.1) is 5.82 Å². The van der Waals surface area contributed by atoms with E-state index in [-0.39, 0.29) is 23.0 Å². The van der Waals surface area contributed by atoms with Crippen molar-refractivity contribution < 1.29 is 36.3 Å². The molecule has 0 fully saturated rings. The summed E-state index contributed by atoms with van der Waals surface area (Å²) >= 11 is 0. The van der Waals surface area contributed by atoms with Gasteiger partial charge in [0.05, 0.1) is 17.6 Å². The zero-order valence-electron chi connectivity index (χ0n) is 14.2. The summed E-state index contributed by atoms with van der Waals surface area (Å²) in [5, 5.41) is 0. The van der Waals surface area contributed by atoms with Crippen LogP contribution in [0.15, 0.2) is 39.6 Å². The molecule has 0 atom stereocenters. The van der Waals surface area contributed by atoms with Crippen molar-refractivity contribution in [2.45, 2.75) is 11.5 Å². The molecule has 1 aromatic heterocycles. The molecule has 0 N–H and O–H groups in total. The molecule has 0 aliphatic rings. The topological polar surface area (TPSA) is 103 Å². The van der Waals surface area contributed by atoms with E-state index in [9.17, 15) is 22.4 Å². The highest BCUT2D eigenvalue weighted by atomic mass is 32.2. The van der Waals surface area contributed by atoms with Gasteiger partial charge < -0.3 is 13.9 Å². The van der Waals surface area contributed by atoms with Crippen molar-refractivity contribution in [1.82, 2.24) is 4.31 Å². The number of esters is 2. The van der Waals surface area contributed by atoms with Crippen molar-refractivity contribution in [2.75, 3.05) is 21.2 Å². The van der Waals surface area contributed by atoms with Crippen LogP contribution in [-0.4, -0.2) is 45.9 Å². The highest BCUT2D eigenvalue weighted by molar-refractivity contribution is 7.89. The van der Waals surface area contributed by atoms with E-state index in [0.717, 1.165) is 22.5 Å². The standard InChI is InChI=1S/C16H16FNO7S/c1-18(2)26(21,22)11-5-6-13(17)12(8-11)15(19)24-9-10-4-7-14(25-10)16(20)23-3/h4-8H,9H2,1-3H3. The maximum Gasteiger partial charge on any atom is 0.373 e. The Bertz CT molecular complexity index is 934. The fourth-order valence-electron chi connectivity index (χ4n) is 1.91. The summed E-state index contributed by atoms with van der Waals surface area (Å²) in [5.41, 5.74) is -0.535. The minimum absolute atomic E-state index is 0.0798. The van der Waals surface area contributed by atoms with E-state index < -0.39 is 33.3 Å². The number of methoxy groups -OCH3 is 1. The molecule has 8 nitrogen and oxygen atoms in total. The molecule has 140 valence electrons. The summed E-state index contributed by atoms with van der Waals surface area (Å²) < 4.78 is 53.5. The molecule has 0 bridgehead atoms. The number of furan rings is 1. The van der Waals surface area contributed by atoms with Gasteiger partial charge in [-0.05, 0) is 30.3 Å². The molecule has 10 heteroatoms. The summed E-state index contributed by atoms with van der Waals surface area (Å²) in [6.45, 7) is -0.375. The Balaban J connectivity index is 2.17. The maximum atomic E-state index is 13.9. The number of hydrogen-bond donors (Lipinski definition) is 0. The Hall–Kier alpha value is -2.72. The zero-order chi connectivity index (χ0) is 19.5. The van der Waals surface area contributed by atoms with Crippen molar-refractivity contribution in [3.05, 3.63) is 53.2 Å². The van der Waals surface area contributed by atoms with Gasteiger partial charge in [0, 0.05) is 14.1 Å². The minimum Gasteiger partial charge on any atom is -0.463 e. The Morgan fingerprint density at radius 2 is 1.85 bits per heavy atom. The van der Waals surface area contributed by atoms with Crippen LogP contribution in [0.3, 0.4) is 0 Å². The van der Waals surface area contributed by atoms with Crippen LogP contribution < -0.4 is 0 Å². The lowest BCUT2D eigenvalue weighted by atomic mass is 10.2. The van der Waals surface area contributed by atoms with Crippen molar-refractivity contribution in [1.29, 1.82) is 0 Å². The molecule has 0 saturated heterocycles. The SMILES string of the molecule is COC(=O)c1ccc(COC(=O)c2cc(S(=O)(=O)N(C)C)ccc2F)o1. The van der Waals surface area contributed by atoms with E-state index in [1.54, 1.807) is 0 Å². The van der Waals surface area contributed by atoms with E-state index >= 15 is 0 Å². The summed E-state index contributed by atoms with van der Waals surface area (Å²) in [6.07, 6.45) is 0. The quantitative estimate of drug-likeness (QED) is 0.699. The van der Waals surface area contributed by atoms with Gasteiger partial charge in [-0.3, -0.25) is 0 Å². The van der Waals surface area contributed by atoms with Crippen molar-refractivity contribution in [3.63, 3.8) is 0 Å². The molecule has 0 spiro atoms. The van der Waals surface area contributed by atoms with Crippen LogP contribution in [0.25, 0.3) is 0 Å². The third-order valence-electron chi connectivity index (χ3n) is 3.33. The first kappa shape index (κ1) is 19.6. The highest BCUT2D eigenvalue weighted by Gasteiger charge is 2.22. The number of hydrogen-bond acceptors (Lipinski definition) is 7. The lowest BCUT2D eigenvalue weighted by Gasteiger charge is -2.12. The predicted octanol–water partition coefficient (Wildman–Crippen LogP) is 1.81. The average Bonchev–Trinajstić information content (AvgIpc) is 3.08. The van der Waals surface area contributed by atoms with Gasteiger partial charge in [0.2, 0.25) is 15.8 Å². The number of carbonyl (C=O) groups is 2. The Morgan fingerprint density at radius 1 is 1.15 bits per heavy atom. The largest absolute Gasteiger partial charge is 0.463 e. The smallest absolute Gasteiger partial charge is 0.373 e. The van der Waals surface area contributed by atoms with Gasteiger partial charge in [-0.25, -0.2) is 26.7 Å². The number of rotatable bonds is 6. The molecule has 26 heavy (non-hydrogen) atoms. The lowest BCUT2D eigenvalue weighted by Crippen LogP contribution is -2.22. The van der Waals surface area contributed by atoms with Gasteiger partial charge >= 0.3 is 11.9 Å². The molecule has 1 aromatic carbocycles. The highest BCUT2D eigenvalue weighted by Crippen LogP contribution is 2.19. The molecular weight excluding hydrogens is 369 g/mol. The Kier molecular flexibility index (Phi) is 5.78. The second kappa shape index (κ2) is 7.67. The maximum absolute atomic E-state index is 13.9. The second-order valence-corrected chi connectivity index (χ2v) is 7.41. The van der Waals surface area contributed by atoms with Gasteiger partial charge in [0.15, 0.2) is 0 Å². The van der Waals surface area contributed by atoms with Crippen LogP contribution in [0.1, 0.15) is 26.7 Å². The fourth-order valence-corrected chi connectivity index (χ4v) is 2.84. The molecule has 0 aliphatic carbocycles. The molecular formula is C16H16FNO7S. The molecule has 0 amide bonds. The fraction of sp³-hybridized carbons (Fsp3) is 0.250. The first-order valence-corrected chi connectivity index (χ1v) is 8.67. The van der Waals surface area contributed by atoms with E-state index in [1.165, 1.54) is 33.3 Å². The van der Waals surface area contributed by atoms with Crippen molar-refractivity contribution in [3.8, 4) is 0 Å². The van der Waals surface area contributed by atoms with Crippen molar-refractivity contribution >= 4 is 22.0 Å². The van der Waals surface area contributed by atoms with Gasteiger partial charge in [-0.15, -0.1) is 0 Å². The van der Waals surface area contributed by atoms with E-state index in [1.807, 2.05) is 0 Å². The third kappa shape index (κ3) is 4.09. The molecule has 0 saturated carbocycles. The normalized spacial score (nSPS) is 11.4. The number of nitrogens with zero attached hydrogens (tertiary/aromatic N) is 1. The zero-order valence-corrected chi connectivity index (χ0v) is 15.0. The van der Waals surface area contributed by atoms with Gasteiger partial charge in [0.25, 0.3) is 0 Å². The lowest BCUT2D eigenvalue weighted by molar-refractivity contribution is 0.0433. The molecule has 0 unspecified atom stereocenters. The Labute approximate surface area is 149 Å². The number of benzene rings is 1. The third-order valence-corrected chi connectivity index (χ3v) is 5.14. The van der Waals surface area contributed by atoms with Gasteiger partial charge in [0.1, 0.15) is 18.2 Å². The molecule has 2 rings (SSSR count). The molecule has 0 radical (unpaired) electrons. The second-order valence-electron chi connectivity index (χ2n) is 5.26. The van der Waals surface area contributed by atoms with Gasteiger partial charge in [-0.1, -0.05) is 0 Å². The molecule has 1 heterocycles. The van der Waals surface area contributed by atoms with Crippen LogP contribution >= 0.6 is 0 Å². The summed E-state index contributed by atoms with van der Waals surface area (Å²) in [5.74, 6) is -2.65. The summed E-state index contributed by atoms with van der Waals surface area (Å²) in [7, 11) is -0.0303. The molecule has 0 aliphatic heterocycles. The van der Waals surface area contributed by atoms with Crippen LogP contribution in [0.5, 0.6) is 0 Å². The number of sulfonamides is 1. The van der Waals surface area contributed by atoms with Crippen molar-refractivity contribution in [2.24, 2.45) is 0 Å². The van der Waals surface area contributed by atoms with Crippen LogP contribution in [0.4, 0.5) is 4.39 Å². The molecule has 2 aromatic rings. The number of halogens is 1. The first-order chi connectivity index (χ1) is 12.2. The summed E-state index contributed by atoms with van der Waals surface area (Å²) in [6, 6.07) is 5.55. The number of carbonyl (C=O) groups excluding carboxylic acids is 2. The van der Waals surface area contributed by atoms with E-state index in [2.05, 4.69) is 4.74 Å². The predicted molar refractivity (Wildman–Crippen MR) is 86.4 cm³/mol. The average molecular weight is 385 g/mol. The Morgan fingerprint density at radius 3 is 2.46 bits per heavy atom. The monoisotopic (exact) mass is 385 g/mol. The minimum atomic E-state index is -3.84. The number of ether oxygens (including phenoxy) is 2.